The molecule has 0 radical (unpaired) electrons. The Kier molecular flexibility index (Phi) is 2.45. The van der Waals surface area contributed by atoms with Crippen molar-refractivity contribution in [3.05, 3.63) is 41.5 Å². The van der Waals surface area contributed by atoms with E-state index in [0.717, 1.165) is 25.1 Å². The summed E-state index contributed by atoms with van der Waals surface area (Å²) in [5.74, 6) is -0.0451. The first-order valence-corrected chi connectivity index (χ1v) is 9.20. The summed E-state index contributed by atoms with van der Waals surface area (Å²) >= 11 is 0. The smallest absolute Gasteiger partial charge is 0.310 e. The number of nitrogens with zero attached hydrogens (tertiary/aromatic N) is 1. The highest BCUT2D eigenvalue weighted by Gasteiger charge is 2.82. The van der Waals surface area contributed by atoms with Gasteiger partial charge in [-0.15, -0.1) is 0 Å². The lowest BCUT2D eigenvalue weighted by Gasteiger charge is -2.60. The summed E-state index contributed by atoms with van der Waals surface area (Å²) < 4.78 is 12.0. The van der Waals surface area contributed by atoms with Crippen molar-refractivity contribution in [3.63, 3.8) is 0 Å². The summed E-state index contributed by atoms with van der Waals surface area (Å²) in [5.41, 5.74) is 2.89. The molecule has 6 rings (SSSR count). The van der Waals surface area contributed by atoms with Gasteiger partial charge in [0, 0.05) is 18.7 Å². The van der Waals surface area contributed by atoms with E-state index in [-0.39, 0.29) is 29.4 Å². The van der Waals surface area contributed by atoms with Gasteiger partial charge in [-0.25, -0.2) is 0 Å². The van der Waals surface area contributed by atoms with Gasteiger partial charge in [0.1, 0.15) is 6.23 Å². The fourth-order valence-electron chi connectivity index (χ4n) is 6.75. The minimum Gasteiger partial charge on any atom is -0.469 e. The molecule has 4 heterocycles. The summed E-state index contributed by atoms with van der Waals surface area (Å²) in [4.78, 5) is 15.6. The molecule has 0 aromatic heterocycles. The second-order valence-corrected chi connectivity index (χ2v) is 8.05. The van der Waals surface area contributed by atoms with Crippen LogP contribution in [0.1, 0.15) is 25.3 Å². The molecule has 1 aromatic rings. The van der Waals surface area contributed by atoms with Crippen molar-refractivity contribution >= 4 is 11.7 Å². The Morgan fingerprint density at radius 1 is 1.44 bits per heavy atom. The number of anilines is 1. The molecule has 0 amide bonds. The number of allylic oxidation sites excluding steroid dienone is 1. The molecule has 5 aliphatic rings. The lowest BCUT2D eigenvalue weighted by atomic mass is 9.49. The summed E-state index contributed by atoms with van der Waals surface area (Å²) in [7, 11) is 1.52. The molecule has 1 saturated carbocycles. The Hall–Kier alpha value is -1.85. The maximum atomic E-state index is 13.1. The number of esters is 1. The highest BCUT2D eigenvalue weighted by molar-refractivity contribution is 5.81. The van der Waals surface area contributed by atoms with Gasteiger partial charge in [0.05, 0.1) is 24.5 Å². The van der Waals surface area contributed by atoms with E-state index in [9.17, 15) is 4.79 Å². The van der Waals surface area contributed by atoms with Gasteiger partial charge in [-0.1, -0.05) is 29.8 Å². The first kappa shape index (κ1) is 14.3. The predicted octanol–water partition coefficient (Wildman–Crippen LogP) is 2.25. The molecule has 4 bridgehead atoms. The molecule has 2 unspecified atom stereocenters. The number of piperidine rings is 2. The van der Waals surface area contributed by atoms with Gasteiger partial charge < -0.3 is 14.8 Å². The van der Waals surface area contributed by atoms with Crippen LogP contribution in [0.25, 0.3) is 0 Å². The zero-order valence-corrected chi connectivity index (χ0v) is 14.5. The number of fused-ring (bicyclic) bond motifs is 4. The third-order valence-corrected chi connectivity index (χ3v) is 7.53. The molecule has 25 heavy (non-hydrogen) atoms. The molecule has 5 heteroatoms. The Balaban J connectivity index is 1.67. The number of ether oxygens (including phenoxy) is 2. The molecule has 1 aliphatic carbocycles. The average molecular weight is 338 g/mol. The van der Waals surface area contributed by atoms with Gasteiger partial charge >= 0.3 is 5.97 Å². The quantitative estimate of drug-likeness (QED) is 0.629. The molecule has 3 saturated heterocycles. The zero-order valence-electron chi connectivity index (χ0n) is 14.5. The third kappa shape index (κ3) is 1.30. The molecule has 1 aromatic carbocycles. The number of carbonyl (C=O) groups is 1. The lowest BCUT2D eigenvalue weighted by Crippen LogP contribution is -2.73. The van der Waals surface area contributed by atoms with Crippen molar-refractivity contribution in [2.45, 2.75) is 43.2 Å². The number of benzene rings is 1. The molecule has 1 N–H and O–H groups in total. The minimum atomic E-state index is -0.490. The molecular formula is C20H22N2O3. The van der Waals surface area contributed by atoms with E-state index in [0.29, 0.717) is 6.04 Å². The fourth-order valence-corrected chi connectivity index (χ4v) is 6.75. The number of carbonyl (C=O) groups excluding carboxylic acids is 1. The summed E-state index contributed by atoms with van der Waals surface area (Å²) in [6.07, 6.45) is 4.10. The van der Waals surface area contributed by atoms with E-state index in [1.165, 1.54) is 18.2 Å². The topological polar surface area (TPSA) is 50.8 Å². The van der Waals surface area contributed by atoms with Crippen molar-refractivity contribution in [2.75, 3.05) is 19.0 Å². The van der Waals surface area contributed by atoms with Crippen molar-refractivity contribution in [2.24, 2.45) is 11.8 Å². The Morgan fingerprint density at radius 2 is 2.28 bits per heavy atom. The van der Waals surface area contributed by atoms with Crippen molar-refractivity contribution in [1.29, 1.82) is 0 Å². The molecule has 130 valence electrons. The lowest BCUT2D eigenvalue weighted by molar-refractivity contribution is -0.161. The van der Waals surface area contributed by atoms with E-state index < -0.39 is 5.72 Å². The first-order valence-electron chi connectivity index (χ1n) is 9.20. The van der Waals surface area contributed by atoms with Gasteiger partial charge in [-0.05, 0) is 30.9 Å². The van der Waals surface area contributed by atoms with Crippen LogP contribution in [0.5, 0.6) is 0 Å². The predicted molar refractivity (Wildman–Crippen MR) is 91.8 cm³/mol. The van der Waals surface area contributed by atoms with Gasteiger partial charge in [0.2, 0.25) is 0 Å². The van der Waals surface area contributed by atoms with Gasteiger partial charge in [0.25, 0.3) is 0 Å². The highest BCUT2D eigenvalue weighted by Crippen LogP contribution is 2.72. The molecule has 4 aliphatic heterocycles. The summed E-state index contributed by atoms with van der Waals surface area (Å²) in [6.45, 7) is 2.99. The van der Waals surface area contributed by atoms with Crippen LogP contribution in [0.4, 0.5) is 5.69 Å². The first-order chi connectivity index (χ1) is 12.2. The third-order valence-electron chi connectivity index (χ3n) is 7.53. The minimum absolute atomic E-state index is 0.0780. The Bertz CT molecular complexity index is 836. The van der Waals surface area contributed by atoms with Crippen LogP contribution in [0.3, 0.4) is 0 Å². The van der Waals surface area contributed by atoms with E-state index in [1.54, 1.807) is 0 Å². The molecular weight excluding hydrogens is 316 g/mol. The maximum absolute atomic E-state index is 13.1. The van der Waals surface area contributed by atoms with Gasteiger partial charge in [0.15, 0.2) is 5.72 Å². The number of hydrogen-bond acceptors (Lipinski definition) is 5. The molecule has 6 atom stereocenters. The van der Waals surface area contributed by atoms with Crippen LogP contribution in [0.15, 0.2) is 35.9 Å². The molecule has 5 nitrogen and oxygen atoms in total. The SMILES string of the molecule is C/C=C1/CN2[C@@H]3CC45c6ccccc6N[C@]4(O3)[C@@H]2C[C@H]1C5C(=O)OC. The van der Waals surface area contributed by atoms with Crippen LogP contribution >= 0.6 is 0 Å². The fraction of sp³-hybridized carbons (Fsp3) is 0.550. The number of hydrogen-bond donors (Lipinski definition) is 1. The van der Waals surface area contributed by atoms with E-state index in [4.69, 9.17) is 9.47 Å². The zero-order chi connectivity index (χ0) is 17.0. The highest BCUT2D eigenvalue weighted by atomic mass is 16.6. The number of nitrogens with one attached hydrogen (secondary N) is 1. The monoisotopic (exact) mass is 338 g/mol. The normalized spacial score (nSPS) is 46.9. The summed E-state index contributed by atoms with van der Waals surface area (Å²) in [6, 6.07) is 8.74. The number of rotatable bonds is 1. The number of methoxy groups -OCH3 is 1. The van der Waals surface area contributed by atoms with E-state index in [2.05, 4.69) is 47.5 Å². The second-order valence-electron chi connectivity index (χ2n) is 8.05. The Labute approximate surface area is 147 Å². The van der Waals surface area contributed by atoms with Crippen LogP contribution in [0, 0.1) is 11.8 Å². The largest absolute Gasteiger partial charge is 0.469 e. The van der Waals surface area contributed by atoms with E-state index in [1.807, 2.05) is 0 Å². The van der Waals surface area contributed by atoms with Gasteiger partial charge in [-0.3, -0.25) is 9.69 Å². The van der Waals surface area contributed by atoms with Gasteiger partial charge in [-0.2, -0.15) is 0 Å². The Morgan fingerprint density at radius 3 is 3.08 bits per heavy atom. The maximum Gasteiger partial charge on any atom is 0.310 e. The van der Waals surface area contributed by atoms with Crippen molar-refractivity contribution in [1.82, 2.24) is 4.90 Å². The molecule has 4 fully saturated rings. The van der Waals surface area contributed by atoms with Crippen molar-refractivity contribution in [3.8, 4) is 0 Å². The standard InChI is InChI=1S/C20H22N2O3/c1-3-11-10-22-15-8-12(11)17(18(23)24-2)19-9-16(22)25-20(15,19)21-14-7-5-4-6-13(14)19/h3-7,12,15-17,21H,8-10H2,1-2H3/b11-3-/t12-,15+,16+,17?,19?,20+/m1/s1. The van der Waals surface area contributed by atoms with Crippen LogP contribution < -0.4 is 5.32 Å². The van der Waals surface area contributed by atoms with Crippen LogP contribution in [0.2, 0.25) is 0 Å². The summed E-state index contributed by atoms with van der Waals surface area (Å²) in [5, 5.41) is 3.73. The number of para-hydroxylation sites is 1. The average Bonchev–Trinajstić information content (AvgIpc) is 3.22. The van der Waals surface area contributed by atoms with Crippen LogP contribution in [-0.2, 0) is 19.7 Å². The second kappa shape index (κ2) is 4.27. The van der Waals surface area contributed by atoms with E-state index >= 15 is 0 Å². The van der Waals surface area contributed by atoms with Crippen LogP contribution in [-0.4, -0.2) is 42.5 Å². The van der Waals surface area contributed by atoms with Crippen molar-refractivity contribution < 1.29 is 14.3 Å². The molecule has 1 spiro atoms.